The number of carbonyl (C=O) groups excluding carboxylic acids is 1. The third-order valence-electron chi connectivity index (χ3n) is 4.97. The lowest BCUT2D eigenvalue weighted by Gasteiger charge is -2.17. The lowest BCUT2D eigenvalue weighted by Crippen LogP contribution is -2.31. The number of benzene rings is 1. The van der Waals surface area contributed by atoms with Crippen LogP contribution in [0.1, 0.15) is 16.9 Å². The van der Waals surface area contributed by atoms with Crippen molar-refractivity contribution in [1.29, 1.82) is 0 Å². The summed E-state index contributed by atoms with van der Waals surface area (Å²) in [4.78, 5) is 25.1. The minimum atomic E-state index is -0.128. The molecular weight excluding hydrogens is 384 g/mol. The normalized spacial score (nSPS) is 15.8. The van der Waals surface area contributed by atoms with Crippen LogP contribution in [0.25, 0.3) is 11.3 Å². The van der Waals surface area contributed by atoms with Gasteiger partial charge in [-0.2, -0.15) is 10.1 Å². The van der Waals surface area contributed by atoms with E-state index in [9.17, 15) is 4.79 Å². The van der Waals surface area contributed by atoms with Gasteiger partial charge in [0.1, 0.15) is 17.5 Å². The molecule has 9 heteroatoms. The molecule has 0 saturated carbocycles. The number of anilines is 1. The van der Waals surface area contributed by atoms with Gasteiger partial charge in [0, 0.05) is 32.6 Å². The Labute approximate surface area is 174 Å². The number of amides is 1. The van der Waals surface area contributed by atoms with Crippen LogP contribution in [0.5, 0.6) is 11.6 Å². The number of H-pyrrole nitrogens is 1. The maximum absolute atomic E-state index is 12.9. The summed E-state index contributed by atoms with van der Waals surface area (Å²) in [6.07, 6.45) is 3.87. The molecular formula is C21H24N6O3. The molecule has 1 N–H and O–H groups in total. The molecule has 0 spiro atoms. The maximum Gasteiger partial charge on any atom is 0.272 e. The number of nitrogens with zero attached hydrogens (tertiary/aromatic N) is 5. The minimum Gasteiger partial charge on any atom is -0.496 e. The van der Waals surface area contributed by atoms with E-state index in [0.717, 1.165) is 17.8 Å². The summed E-state index contributed by atoms with van der Waals surface area (Å²) in [5, 5.41) is 7.15. The molecule has 1 aliphatic heterocycles. The first-order chi connectivity index (χ1) is 14.5. The first-order valence-electron chi connectivity index (χ1n) is 9.69. The zero-order chi connectivity index (χ0) is 21.1. The molecule has 156 valence electrons. The van der Waals surface area contributed by atoms with E-state index >= 15 is 0 Å². The fraction of sp³-hybridized carbons (Fsp3) is 0.333. The SMILES string of the molecule is COc1ccccc1-c1cc(C(=O)N2CCC(Oc3cncc(N(C)C)n3)C2)[nH]n1. The number of methoxy groups -OCH3 is 1. The average molecular weight is 408 g/mol. The lowest BCUT2D eigenvalue weighted by atomic mass is 10.1. The third-order valence-corrected chi connectivity index (χ3v) is 4.97. The predicted molar refractivity (Wildman–Crippen MR) is 112 cm³/mol. The number of aromatic nitrogens is 4. The van der Waals surface area contributed by atoms with Gasteiger partial charge in [-0.15, -0.1) is 0 Å². The quantitative estimate of drug-likeness (QED) is 0.668. The summed E-state index contributed by atoms with van der Waals surface area (Å²) in [7, 11) is 5.40. The van der Waals surface area contributed by atoms with Gasteiger partial charge in [0.25, 0.3) is 5.91 Å². The topological polar surface area (TPSA) is 96.5 Å². The van der Waals surface area contributed by atoms with Crippen LogP contribution in [0.2, 0.25) is 0 Å². The molecule has 3 aromatic rings. The van der Waals surface area contributed by atoms with Crippen LogP contribution >= 0.6 is 0 Å². The van der Waals surface area contributed by atoms with Crippen LogP contribution in [0.4, 0.5) is 5.82 Å². The van der Waals surface area contributed by atoms with Crippen molar-refractivity contribution in [3.05, 3.63) is 48.4 Å². The number of aromatic amines is 1. The molecule has 1 unspecified atom stereocenters. The number of para-hydroxylation sites is 1. The van der Waals surface area contributed by atoms with E-state index in [-0.39, 0.29) is 12.0 Å². The number of ether oxygens (including phenoxy) is 2. The number of hydrogen-bond acceptors (Lipinski definition) is 7. The third kappa shape index (κ3) is 4.05. The fourth-order valence-electron chi connectivity index (χ4n) is 3.39. The Balaban J connectivity index is 1.42. The summed E-state index contributed by atoms with van der Waals surface area (Å²) >= 11 is 0. The van der Waals surface area contributed by atoms with Crippen LogP contribution in [-0.2, 0) is 0 Å². The van der Waals surface area contributed by atoms with E-state index in [2.05, 4.69) is 20.2 Å². The standard InChI is InChI=1S/C21H24N6O3/c1-26(2)19-11-22-12-20(23-19)30-14-8-9-27(13-14)21(28)17-10-16(24-25-17)15-6-4-5-7-18(15)29-3/h4-7,10-12,14H,8-9,13H2,1-3H3,(H,24,25). The van der Waals surface area contributed by atoms with E-state index in [0.29, 0.717) is 36.1 Å². The molecule has 1 atom stereocenters. The van der Waals surface area contributed by atoms with E-state index in [4.69, 9.17) is 9.47 Å². The van der Waals surface area contributed by atoms with Gasteiger partial charge in [0.05, 0.1) is 31.7 Å². The number of hydrogen-bond donors (Lipinski definition) is 1. The van der Waals surface area contributed by atoms with Gasteiger partial charge < -0.3 is 19.3 Å². The van der Waals surface area contributed by atoms with Crippen molar-refractivity contribution in [2.45, 2.75) is 12.5 Å². The molecule has 1 aromatic carbocycles. The largest absolute Gasteiger partial charge is 0.496 e. The molecule has 9 nitrogen and oxygen atoms in total. The molecule has 0 bridgehead atoms. The second-order valence-corrected chi connectivity index (χ2v) is 7.26. The second-order valence-electron chi connectivity index (χ2n) is 7.26. The maximum atomic E-state index is 12.9. The number of likely N-dealkylation sites (tertiary alicyclic amines) is 1. The number of rotatable bonds is 6. The van der Waals surface area contributed by atoms with Gasteiger partial charge in [-0.1, -0.05) is 12.1 Å². The van der Waals surface area contributed by atoms with Crippen LogP contribution in [-0.4, -0.2) is 71.4 Å². The predicted octanol–water partition coefficient (Wildman–Crippen LogP) is 2.23. The average Bonchev–Trinajstić information content (AvgIpc) is 3.43. The van der Waals surface area contributed by atoms with Crippen LogP contribution in [0, 0.1) is 0 Å². The van der Waals surface area contributed by atoms with Crippen molar-refractivity contribution in [1.82, 2.24) is 25.1 Å². The molecule has 0 aliphatic carbocycles. The Bertz CT molecular complexity index is 1030. The van der Waals surface area contributed by atoms with Crippen LogP contribution in [0.15, 0.2) is 42.7 Å². The molecule has 1 fully saturated rings. The lowest BCUT2D eigenvalue weighted by molar-refractivity contribution is 0.0765. The van der Waals surface area contributed by atoms with Gasteiger partial charge in [-0.05, 0) is 18.2 Å². The van der Waals surface area contributed by atoms with Gasteiger partial charge in [-0.25, -0.2) is 0 Å². The molecule has 1 saturated heterocycles. The molecule has 30 heavy (non-hydrogen) atoms. The smallest absolute Gasteiger partial charge is 0.272 e. The number of carbonyl (C=O) groups is 1. The Morgan fingerprint density at radius 3 is 2.90 bits per heavy atom. The van der Waals surface area contributed by atoms with Crippen LogP contribution < -0.4 is 14.4 Å². The molecule has 0 radical (unpaired) electrons. The first-order valence-corrected chi connectivity index (χ1v) is 9.69. The van der Waals surface area contributed by atoms with Crippen LogP contribution in [0.3, 0.4) is 0 Å². The Hall–Kier alpha value is -3.62. The molecule has 1 amide bonds. The highest BCUT2D eigenvalue weighted by Crippen LogP contribution is 2.29. The monoisotopic (exact) mass is 408 g/mol. The fourth-order valence-corrected chi connectivity index (χ4v) is 3.39. The molecule has 2 aromatic heterocycles. The number of nitrogens with one attached hydrogen (secondary N) is 1. The summed E-state index contributed by atoms with van der Waals surface area (Å²) in [5.74, 6) is 1.78. The Morgan fingerprint density at radius 1 is 1.27 bits per heavy atom. The van der Waals surface area contributed by atoms with Crippen molar-refractivity contribution < 1.29 is 14.3 Å². The van der Waals surface area contributed by atoms with Gasteiger partial charge in [-0.3, -0.25) is 14.9 Å². The van der Waals surface area contributed by atoms with Crippen molar-refractivity contribution >= 4 is 11.7 Å². The van der Waals surface area contributed by atoms with Crippen molar-refractivity contribution in [3.8, 4) is 22.9 Å². The molecule has 4 rings (SSSR count). The Kier molecular flexibility index (Phi) is 5.51. The van der Waals surface area contributed by atoms with Gasteiger partial charge in [0.15, 0.2) is 5.82 Å². The minimum absolute atomic E-state index is 0.108. The van der Waals surface area contributed by atoms with Crippen molar-refractivity contribution in [2.24, 2.45) is 0 Å². The molecule has 1 aliphatic rings. The van der Waals surface area contributed by atoms with Gasteiger partial charge in [0.2, 0.25) is 5.88 Å². The second kappa shape index (κ2) is 8.40. The zero-order valence-electron chi connectivity index (χ0n) is 17.2. The highest BCUT2D eigenvalue weighted by Gasteiger charge is 2.30. The Morgan fingerprint density at radius 2 is 2.10 bits per heavy atom. The highest BCUT2D eigenvalue weighted by atomic mass is 16.5. The molecule has 3 heterocycles. The van der Waals surface area contributed by atoms with E-state index in [1.54, 1.807) is 30.5 Å². The summed E-state index contributed by atoms with van der Waals surface area (Å²) in [5.41, 5.74) is 1.93. The van der Waals surface area contributed by atoms with E-state index in [1.165, 1.54) is 0 Å². The first kappa shape index (κ1) is 19.7. The van der Waals surface area contributed by atoms with Crippen molar-refractivity contribution in [3.63, 3.8) is 0 Å². The van der Waals surface area contributed by atoms with E-state index in [1.807, 2.05) is 43.3 Å². The highest BCUT2D eigenvalue weighted by molar-refractivity contribution is 5.93. The van der Waals surface area contributed by atoms with E-state index < -0.39 is 0 Å². The van der Waals surface area contributed by atoms with Gasteiger partial charge >= 0.3 is 0 Å². The zero-order valence-corrected chi connectivity index (χ0v) is 17.2. The summed E-state index contributed by atoms with van der Waals surface area (Å²) in [6, 6.07) is 9.32. The summed E-state index contributed by atoms with van der Waals surface area (Å²) < 4.78 is 11.3. The summed E-state index contributed by atoms with van der Waals surface area (Å²) in [6.45, 7) is 1.09. The van der Waals surface area contributed by atoms with Crippen molar-refractivity contribution in [2.75, 3.05) is 39.2 Å².